The summed E-state index contributed by atoms with van der Waals surface area (Å²) >= 11 is 0. The number of hydrogen-bond acceptors (Lipinski definition) is 5. The Morgan fingerprint density at radius 1 is 0.727 bits per heavy atom. The van der Waals surface area contributed by atoms with Crippen molar-refractivity contribution in [3.05, 3.63) is 23.7 Å². The molecule has 0 atom stereocenters. The third kappa shape index (κ3) is 14.9. The zero-order valence-corrected chi connectivity index (χ0v) is 19.6. The Kier molecular flexibility index (Phi) is 15.4. The standard InChI is InChI=1S/C25H39NO7/c27-20-22-16-15-21(33-22)19-26(18-17-25(31)32)23(28)13-11-9-7-5-3-1-2-4-6-8-10-12-14-24(29)30/h15-16,20H,1-14,17-19H2,(H,29,30)(H,31,32). The number of carboxylic acids is 2. The molecule has 1 rings (SSSR count). The molecule has 0 aliphatic heterocycles. The number of carboxylic acid groups (broad SMARTS) is 2. The molecule has 33 heavy (non-hydrogen) atoms. The highest BCUT2D eigenvalue weighted by atomic mass is 16.4. The second-order valence-corrected chi connectivity index (χ2v) is 8.52. The predicted molar refractivity (Wildman–Crippen MR) is 124 cm³/mol. The van der Waals surface area contributed by atoms with Gasteiger partial charge in [-0.15, -0.1) is 0 Å². The van der Waals surface area contributed by atoms with Gasteiger partial charge in [-0.1, -0.05) is 64.2 Å². The fourth-order valence-corrected chi connectivity index (χ4v) is 3.73. The van der Waals surface area contributed by atoms with Crippen molar-refractivity contribution in [2.45, 2.75) is 103 Å². The summed E-state index contributed by atoms with van der Waals surface area (Å²) in [6.45, 7) is 0.282. The number of nitrogens with zero attached hydrogens (tertiary/aromatic N) is 1. The fourth-order valence-electron chi connectivity index (χ4n) is 3.73. The molecule has 0 aliphatic carbocycles. The molecule has 8 nitrogen and oxygen atoms in total. The number of carbonyl (C=O) groups excluding carboxylic acids is 2. The highest BCUT2D eigenvalue weighted by Crippen LogP contribution is 2.15. The Morgan fingerprint density at radius 3 is 1.67 bits per heavy atom. The third-order valence-corrected chi connectivity index (χ3v) is 5.62. The maximum absolute atomic E-state index is 12.6. The van der Waals surface area contributed by atoms with Gasteiger partial charge in [0.15, 0.2) is 12.0 Å². The first-order chi connectivity index (χ1) is 15.9. The topological polar surface area (TPSA) is 125 Å². The van der Waals surface area contributed by atoms with Crippen LogP contribution in [-0.4, -0.2) is 45.8 Å². The average molecular weight is 466 g/mol. The van der Waals surface area contributed by atoms with Crippen molar-refractivity contribution in [1.29, 1.82) is 0 Å². The van der Waals surface area contributed by atoms with E-state index in [4.69, 9.17) is 14.6 Å². The molecule has 1 aromatic heterocycles. The van der Waals surface area contributed by atoms with Crippen LogP contribution in [0.2, 0.25) is 0 Å². The lowest BCUT2D eigenvalue weighted by atomic mass is 10.0. The van der Waals surface area contributed by atoms with Crippen LogP contribution in [0.5, 0.6) is 0 Å². The molecule has 1 heterocycles. The molecule has 186 valence electrons. The maximum Gasteiger partial charge on any atom is 0.305 e. The molecule has 1 amide bonds. The van der Waals surface area contributed by atoms with Gasteiger partial charge in [-0.05, 0) is 25.0 Å². The van der Waals surface area contributed by atoms with Gasteiger partial charge in [0.25, 0.3) is 0 Å². The molecule has 8 heteroatoms. The maximum atomic E-state index is 12.6. The first-order valence-corrected chi connectivity index (χ1v) is 12.2. The first kappa shape index (κ1) is 28.4. The van der Waals surface area contributed by atoms with Gasteiger partial charge < -0.3 is 19.5 Å². The molecular weight excluding hydrogens is 426 g/mol. The van der Waals surface area contributed by atoms with E-state index in [0.717, 1.165) is 44.9 Å². The van der Waals surface area contributed by atoms with Gasteiger partial charge in [0.1, 0.15) is 5.76 Å². The van der Waals surface area contributed by atoms with E-state index in [1.54, 1.807) is 6.07 Å². The lowest BCUT2D eigenvalue weighted by Crippen LogP contribution is -2.32. The normalized spacial score (nSPS) is 10.8. The van der Waals surface area contributed by atoms with Crippen LogP contribution in [0.1, 0.15) is 113 Å². The molecule has 0 bridgehead atoms. The minimum Gasteiger partial charge on any atom is -0.481 e. The summed E-state index contributed by atoms with van der Waals surface area (Å²) in [6, 6.07) is 3.16. The van der Waals surface area contributed by atoms with Crippen LogP contribution in [-0.2, 0) is 20.9 Å². The number of rotatable bonds is 21. The van der Waals surface area contributed by atoms with Gasteiger partial charge in [0.05, 0.1) is 13.0 Å². The molecule has 0 aromatic carbocycles. The van der Waals surface area contributed by atoms with E-state index in [-0.39, 0.29) is 37.6 Å². The van der Waals surface area contributed by atoms with Gasteiger partial charge in [0.2, 0.25) is 5.91 Å². The molecule has 2 N–H and O–H groups in total. The number of aldehydes is 1. The molecule has 1 aromatic rings. The zero-order chi connectivity index (χ0) is 24.3. The number of unbranched alkanes of at least 4 members (excludes halogenated alkanes) is 11. The molecule has 0 unspecified atom stereocenters. The van der Waals surface area contributed by atoms with E-state index in [1.807, 2.05) is 0 Å². The predicted octanol–water partition coefficient (Wildman–Crippen LogP) is 5.44. The van der Waals surface area contributed by atoms with Crippen LogP contribution in [0, 0.1) is 0 Å². The SMILES string of the molecule is O=Cc1ccc(CN(CCC(=O)O)C(=O)CCCCCCCCCCCCCCC(=O)O)o1. The van der Waals surface area contributed by atoms with Crippen LogP contribution in [0.15, 0.2) is 16.5 Å². The Bertz CT molecular complexity index is 713. The van der Waals surface area contributed by atoms with Crippen LogP contribution < -0.4 is 0 Å². The Hall–Kier alpha value is -2.64. The second kappa shape index (κ2) is 17.9. The van der Waals surface area contributed by atoms with E-state index in [1.165, 1.54) is 43.1 Å². The minimum atomic E-state index is -0.959. The monoisotopic (exact) mass is 465 g/mol. The number of aliphatic carboxylic acids is 2. The second-order valence-electron chi connectivity index (χ2n) is 8.52. The molecule has 0 aliphatic rings. The van der Waals surface area contributed by atoms with Crippen molar-refractivity contribution in [1.82, 2.24) is 4.90 Å². The van der Waals surface area contributed by atoms with Crippen molar-refractivity contribution in [2.75, 3.05) is 6.54 Å². The van der Waals surface area contributed by atoms with Crippen molar-refractivity contribution in [3.8, 4) is 0 Å². The van der Waals surface area contributed by atoms with Crippen LogP contribution >= 0.6 is 0 Å². The van der Waals surface area contributed by atoms with E-state index in [9.17, 15) is 19.2 Å². The van der Waals surface area contributed by atoms with Crippen molar-refractivity contribution in [2.24, 2.45) is 0 Å². The van der Waals surface area contributed by atoms with Crippen LogP contribution in [0.25, 0.3) is 0 Å². The number of carbonyl (C=O) groups is 4. The first-order valence-electron chi connectivity index (χ1n) is 12.2. The smallest absolute Gasteiger partial charge is 0.305 e. The van der Waals surface area contributed by atoms with E-state index >= 15 is 0 Å². The Balaban J connectivity index is 2.10. The van der Waals surface area contributed by atoms with Gasteiger partial charge in [-0.25, -0.2) is 0 Å². The summed E-state index contributed by atoms with van der Waals surface area (Å²) in [5, 5.41) is 17.5. The van der Waals surface area contributed by atoms with Crippen molar-refractivity contribution in [3.63, 3.8) is 0 Å². The van der Waals surface area contributed by atoms with Crippen molar-refractivity contribution >= 4 is 24.1 Å². The minimum absolute atomic E-state index is 0.0938. The van der Waals surface area contributed by atoms with Crippen LogP contribution in [0.3, 0.4) is 0 Å². The third-order valence-electron chi connectivity index (χ3n) is 5.62. The molecule has 0 spiro atoms. The Morgan fingerprint density at radius 2 is 1.21 bits per heavy atom. The summed E-state index contributed by atoms with van der Waals surface area (Å²) in [4.78, 5) is 46.2. The lowest BCUT2D eigenvalue weighted by molar-refractivity contribution is -0.139. The van der Waals surface area contributed by atoms with Gasteiger partial charge in [-0.3, -0.25) is 19.2 Å². The molecule has 0 radical (unpaired) electrons. The molecule has 0 saturated heterocycles. The largest absolute Gasteiger partial charge is 0.481 e. The zero-order valence-electron chi connectivity index (χ0n) is 19.6. The summed E-state index contributed by atoms with van der Waals surface area (Å²) in [7, 11) is 0. The van der Waals surface area contributed by atoms with Gasteiger partial charge in [0, 0.05) is 19.4 Å². The quantitative estimate of drug-likeness (QED) is 0.183. The molecule has 0 saturated carbocycles. The summed E-state index contributed by atoms with van der Waals surface area (Å²) < 4.78 is 5.32. The van der Waals surface area contributed by atoms with Crippen molar-refractivity contribution < 1.29 is 33.8 Å². The number of hydrogen-bond donors (Lipinski definition) is 2. The van der Waals surface area contributed by atoms with E-state index < -0.39 is 11.9 Å². The molecule has 0 fully saturated rings. The molecular formula is C25H39NO7. The highest BCUT2D eigenvalue weighted by molar-refractivity contribution is 5.77. The summed E-state index contributed by atoms with van der Waals surface area (Å²) in [6.07, 6.45) is 14.0. The van der Waals surface area contributed by atoms with Gasteiger partial charge in [-0.2, -0.15) is 0 Å². The number of amides is 1. The number of furan rings is 1. The van der Waals surface area contributed by atoms with E-state index in [2.05, 4.69) is 0 Å². The Labute approximate surface area is 196 Å². The van der Waals surface area contributed by atoms with Gasteiger partial charge >= 0.3 is 11.9 Å². The highest BCUT2D eigenvalue weighted by Gasteiger charge is 2.17. The lowest BCUT2D eigenvalue weighted by Gasteiger charge is -2.21. The van der Waals surface area contributed by atoms with E-state index in [0.29, 0.717) is 18.5 Å². The summed E-state index contributed by atoms with van der Waals surface area (Å²) in [5.74, 6) is -1.11. The fraction of sp³-hybridized carbons (Fsp3) is 0.680. The average Bonchev–Trinajstić information content (AvgIpc) is 3.24. The summed E-state index contributed by atoms with van der Waals surface area (Å²) in [5.41, 5.74) is 0. The van der Waals surface area contributed by atoms with Crippen LogP contribution in [0.4, 0.5) is 0 Å².